The molecule has 2 aromatic rings. The SMILES string of the molecule is NC(=O)CNC(=O)CSc1nc2ccccc2c(=O)n1C[C@H]1CCCO1. The van der Waals surface area contributed by atoms with Crippen LogP contribution in [0.1, 0.15) is 12.8 Å². The molecule has 1 atom stereocenters. The fraction of sp³-hybridized carbons (Fsp3) is 0.412. The Labute approximate surface area is 154 Å². The third kappa shape index (κ3) is 4.41. The molecule has 1 aliphatic rings. The molecule has 9 heteroatoms. The van der Waals surface area contributed by atoms with E-state index in [-0.39, 0.29) is 29.9 Å². The number of aromatic nitrogens is 2. The first-order chi connectivity index (χ1) is 12.5. The molecule has 3 N–H and O–H groups in total. The van der Waals surface area contributed by atoms with Gasteiger partial charge < -0.3 is 15.8 Å². The lowest BCUT2D eigenvalue weighted by Crippen LogP contribution is -2.34. The molecule has 0 unspecified atom stereocenters. The number of benzene rings is 1. The van der Waals surface area contributed by atoms with Crippen LogP contribution in [0.2, 0.25) is 0 Å². The molecule has 0 saturated carbocycles. The number of fused-ring (bicyclic) bond motifs is 1. The van der Waals surface area contributed by atoms with Gasteiger partial charge in [-0.25, -0.2) is 4.98 Å². The van der Waals surface area contributed by atoms with Crippen LogP contribution in [0.5, 0.6) is 0 Å². The Balaban J connectivity index is 1.85. The molecule has 26 heavy (non-hydrogen) atoms. The Kier molecular flexibility index (Phi) is 5.89. The van der Waals surface area contributed by atoms with Crippen LogP contribution in [-0.2, 0) is 20.9 Å². The summed E-state index contributed by atoms with van der Waals surface area (Å²) in [6.45, 7) is 0.883. The van der Waals surface area contributed by atoms with E-state index in [0.717, 1.165) is 24.6 Å². The summed E-state index contributed by atoms with van der Waals surface area (Å²) in [5.41, 5.74) is 5.45. The first-order valence-electron chi connectivity index (χ1n) is 8.33. The molecule has 1 aromatic heterocycles. The van der Waals surface area contributed by atoms with Gasteiger partial charge in [0.1, 0.15) is 0 Å². The van der Waals surface area contributed by atoms with Gasteiger partial charge in [0.2, 0.25) is 11.8 Å². The summed E-state index contributed by atoms with van der Waals surface area (Å²) >= 11 is 1.15. The lowest BCUT2D eigenvalue weighted by Gasteiger charge is -2.16. The molecule has 0 spiro atoms. The van der Waals surface area contributed by atoms with Crippen LogP contribution in [0.25, 0.3) is 10.9 Å². The van der Waals surface area contributed by atoms with Crippen molar-refractivity contribution in [2.24, 2.45) is 5.73 Å². The van der Waals surface area contributed by atoms with Crippen molar-refractivity contribution in [2.45, 2.75) is 30.6 Å². The molecule has 1 aromatic carbocycles. The van der Waals surface area contributed by atoms with Crippen molar-refractivity contribution in [3.05, 3.63) is 34.6 Å². The highest BCUT2D eigenvalue weighted by molar-refractivity contribution is 7.99. The topological polar surface area (TPSA) is 116 Å². The number of nitrogens with one attached hydrogen (secondary N) is 1. The molecule has 1 aliphatic heterocycles. The van der Waals surface area contributed by atoms with E-state index in [0.29, 0.717) is 29.2 Å². The minimum atomic E-state index is -0.609. The lowest BCUT2D eigenvalue weighted by molar-refractivity contribution is -0.123. The van der Waals surface area contributed by atoms with E-state index < -0.39 is 5.91 Å². The van der Waals surface area contributed by atoms with Crippen molar-refractivity contribution < 1.29 is 14.3 Å². The number of amides is 2. The summed E-state index contributed by atoms with van der Waals surface area (Å²) in [7, 11) is 0. The molecule has 8 nitrogen and oxygen atoms in total. The first-order valence-corrected chi connectivity index (χ1v) is 9.32. The van der Waals surface area contributed by atoms with Gasteiger partial charge in [0.05, 0.1) is 35.8 Å². The van der Waals surface area contributed by atoms with Crippen LogP contribution in [0, 0.1) is 0 Å². The molecule has 3 rings (SSSR count). The van der Waals surface area contributed by atoms with Crippen molar-refractivity contribution in [3.8, 4) is 0 Å². The highest BCUT2D eigenvalue weighted by atomic mass is 32.2. The van der Waals surface area contributed by atoms with Gasteiger partial charge in [-0.15, -0.1) is 0 Å². The van der Waals surface area contributed by atoms with Crippen molar-refractivity contribution in [1.29, 1.82) is 0 Å². The van der Waals surface area contributed by atoms with Gasteiger partial charge in [-0.1, -0.05) is 23.9 Å². The number of carbonyl (C=O) groups is 2. The van der Waals surface area contributed by atoms with E-state index >= 15 is 0 Å². The van der Waals surface area contributed by atoms with Crippen LogP contribution < -0.4 is 16.6 Å². The summed E-state index contributed by atoms with van der Waals surface area (Å²) in [5.74, 6) is -0.925. The van der Waals surface area contributed by atoms with Gasteiger partial charge in [0, 0.05) is 6.61 Å². The van der Waals surface area contributed by atoms with Gasteiger partial charge in [0.15, 0.2) is 5.16 Å². The molecule has 2 heterocycles. The smallest absolute Gasteiger partial charge is 0.262 e. The first kappa shape index (κ1) is 18.4. The number of thioether (sulfide) groups is 1. The minimum absolute atomic E-state index is 0.0290. The zero-order chi connectivity index (χ0) is 18.5. The normalized spacial score (nSPS) is 16.7. The van der Waals surface area contributed by atoms with Crippen LogP contribution in [-0.4, -0.2) is 46.4 Å². The molecule has 0 radical (unpaired) electrons. The third-order valence-electron chi connectivity index (χ3n) is 4.03. The van der Waals surface area contributed by atoms with Crippen LogP contribution >= 0.6 is 11.8 Å². The van der Waals surface area contributed by atoms with E-state index in [1.165, 1.54) is 0 Å². The second-order valence-electron chi connectivity index (χ2n) is 5.99. The number of hydrogen-bond donors (Lipinski definition) is 2. The maximum atomic E-state index is 12.9. The van der Waals surface area contributed by atoms with Gasteiger partial charge in [-0.3, -0.25) is 19.0 Å². The van der Waals surface area contributed by atoms with Gasteiger partial charge >= 0.3 is 0 Å². The average Bonchev–Trinajstić information content (AvgIpc) is 3.14. The van der Waals surface area contributed by atoms with E-state index in [2.05, 4.69) is 10.3 Å². The zero-order valence-corrected chi connectivity index (χ0v) is 15.0. The second kappa shape index (κ2) is 8.33. The zero-order valence-electron chi connectivity index (χ0n) is 14.1. The summed E-state index contributed by atoms with van der Waals surface area (Å²) in [4.78, 5) is 40.0. The molecule has 2 amide bonds. The maximum Gasteiger partial charge on any atom is 0.262 e. The van der Waals surface area contributed by atoms with Gasteiger partial charge in [-0.2, -0.15) is 0 Å². The summed E-state index contributed by atoms with van der Waals surface area (Å²) in [6.07, 6.45) is 1.83. The van der Waals surface area contributed by atoms with Crippen LogP contribution in [0.4, 0.5) is 0 Å². The number of hydrogen-bond acceptors (Lipinski definition) is 6. The van der Waals surface area contributed by atoms with E-state index in [1.54, 1.807) is 22.8 Å². The molecule has 1 saturated heterocycles. The molecular weight excluding hydrogens is 356 g/mol. The van der Waals surface area contributed by atoms with Crippen molar-refractivity contribution in [3.63, 3.8) is 0 Å². The summed E-state index contributed by atoms with van der Waals surface area (Å²) in [5, 5.41) is 3.41. The molecule has 138 valence electrons. The Bertz CT molecular complexity index is 877. The molecule has 0 bridgehead atoms. The Morgan fingerprint density at radius 2 is 2.19 bits per heavy atom. The molecule has 1 fully saturated rings. The maximum absolute atomic E-state index is 12.9. The minimum Gasteiger partial charge on any atom is -0.376 e. The summed E-state index contributed by atoms with van der Waals surface area (Å²) < 4.78 is 7.22. The monoisotopic (exact) mass is 376 g/mol. The van der Waals surface area contributed by atoms with Crippen molar-refractivity contribution >= 4 is 34.5 Å². The third-order valence-corrected chi connectivity index (χ3v) is 5.01. The molecule has 0 aliphatic carbocycles. The van der Waals surface area contributed by atoms with Crippen molar-refractivity contribution in [1.82, 2.24) is 14.9 Å². The number of carbonyl (C=O) groups excluding carboxylic acids is 2. The lowest BCUT2D eigenvalue weighted by atomic mass is 10.2. The number of rotatable bonds is 7. The largest absolute Gasteiger partial charge is 0.376 e. The molecular formula is C17H20N4O4S. The highest BCUT2D eigenvalue weighted by Crippen LogP contribution is 2.20. The fourth-order valence-electron chi connectivity index (χ4n) is 2.78. The second-order valence-corrected chi connectivity index (χ2v) is 6.94. The Morgan fingerprint density at radius 1 is 1.38 bits per heavy atom. The van der Waals surface area contributed by atoms with Crippen molar-refractivity contribution in [2.75, 3.05) is 18.9 Å². The average molecular weight is 376 g/mol. The predicted molar refractivity (Wildman–Crippen MR) is 97.9 cm³/mol. The van der Waals surface area contributed by atoms with E-state index in [9.17, 15) is 14.4 Å². The van der Waals surface area contributed by atoms with Gasteiger partial charge in [-0.05, 0) is 25.0 Å². The van der Waals surface area contributed by atoms with Crippen LogP contribution in [0.3, 0.4) is 0 Å². The highest BCUT2D eigenvalue weighted by Gasteiger charge is 2.20. The Morgan fingerprint density at radius 3 is 2.92 bits per heavy atom. The predicted octanol–water partition coefficient (Wildman–Crippen LogP) is 0.269. The van der Waals surface area contributed by atoms with Gasteiger partial charge in [0.25, 0.3) is 5.56 Å². The van der Waals surface area contributed by atoms with E-state index in [1.807, 2.05) is 6.07 Å². The number of nitrogens with zero attached hydrogens (tertiary/aromatic N) is 2. The van der Waals surface area contributed by atoms with Crippen LogP contribution in [0.15, 0.2) is 34.2 Å². The number of ether oxygens (including phenoxy) is 1. The van der Waals surface area contributed by atoms with E-state index in [4.69, 9.17) is 10.5 Å². The fourth-order valence-corrected chi connectivity index (χ4v) is 3.62. The number of para-hydroxylation sites is 1. The quantitative estimate of drug-likeness (QED) is 0.529. The Hall–Kier alpha value is -2.39. The number of nitrogens with two attached hydrogens (primary N) is 1. The number of primary amides is 1. The summed E-state index contributed by atoms with van der Waals surface area (Å²) in [6, 6.07) is 7.12. The standard InChI is InChI=1S/C17H20N4O4S/c18-14(22)8-19-15(23)10-26-17-20-13-6-2-1-5-12(13)16(24)21(17)9-11-4-3-7-25-11/h1-2,5-6,11H,3-4,7-10H2,(H2,18,22)(H,19,23)/t11-/m1/s1.